The number of alkyl halides is 3. The minimum atomic E-state index is -4.45. The van der Waals surface area contributed by atoms with Gasteiger partial charge in [-0.05, 0) is 18.2 Å². The van der Waals surface area contributed by atoms with Gasteiger partial charge in [0, 0.05) is 25.6 Å². The maximum atomic E-state index is 12.8. The van der Waals surface area contributed by atoms with Crippen molar-refractivity contribution < 1.29 is 22.6 Å². The van der Waals surface area contributed by atoms with Crippen molar-refractivity contribution in [3.05, 3.63) is 23.8 Å². The van der Waals surface area contributed by atoms with Gasteiger partial charge in [-0.25, -0.2) is 0 Å². The van der Waals surface area contributed by atoms with E-state index in [1.165, 1.54) is 20.3 Å². The summed E-state index contributed by atoms with van der Waals surface area (Å²) in [4.78, 5) is 1.74. The Labute approximate surface area is 108 Å². The molecule has 1 aliphatic rings. The number of rotatable bonds is 3. The largest absolute Gasteiger partial charge is 0.418 e. The Morgan fingerprint density at radius 2 is 1.79 bits per heavy atom. The number of halogens is 3. The van der Waals surface area contributed by atoms with Gasteiger partial charge in [0.1, 0.15) is 0 Å². The highest BCUT2D eigenvalue weighted by Crippen LogP contribution is 2.38. The Morgan fingerprint density at radius 1 is 1.21 bits per heavy atom. The average molecular weight is 276 g/mol. The number of nitrogens with two attached hydrogens (primary N) is 1. The van der Waals surface area contributed by atoms with Crippen molar-refractivity contribution in [2.24, 2.45) is 0 Å². The molecule has 0 aromatic heterocycles. The molecule has 0 aliphatic carbocycles. The summed E-state index contributed by atoms with van der Waals surface area (Å²) in [6.07, 6.45) is -4.45. The fourth-order valence-corrected chi connectivity index (χ4v) is 2.05. The predicted octanol–water partition coefficient (Wildman–Crippen LogP) is 2.10. The number of hydrogen-bond donors (Lipinski definition) is 1. The van der Waals surface area contributed by atoms with Crippen molar-refractivity contribution in [3.63, 3.8) is 0 Å². The minimum absolute atomic E-state index is 0.276. The van der Waals surface area contributed by atoms with Gasteiger partial charge in [-0.3, -0.25) is 0 Å². The maximum absolute atomic E-state index is 12.8. The first-order chi connectivity index (χ1) is 8.81. The molecule has 0 spiro atoms. The van der Waals surface area contributed by atoms with Crippen LogP contribution in [0.15, 0.2) is 18.2 Å². The van der Waals surface area contributed by atoms with E-state index in [9.17, 15) is 13.2 Å². The van der Waals surface area contributed by atoms with E-state index in [1.54, 1.807) is 11.0 Å². The second-order valence-corrected chi connectivity index (χ2v) is 4.44. The Morgan fingerprint density at radius 3 is 2.26 bits per heavy atom. The number of anilines is 2. The SMILES string of the molecule is COC1(OC)CN(c2ccc(N)c(C(F)(F)F)c2)C1. The lowest BCUT2D eigenvalue weighted by Gasteiger charge is -2.48. The van der Waals surface area contributed by atoms with Crippen LogP contribution in [0, 0.1) is 0 Å². The van der Waals surface area contributed by atoms with Gasteiger partial charge in [0.2, 0.25) is 5.79 Å². The molecular formula is C12H15F3N2O2. The normalized spacial score (nSPS) is 18.3. The fraction of sp³-hybridized carbons (Fsp3) is 0.500. The summed E-state index contributed by atoms with van der Waals surface area (Å²) >= 11 is 0. The molecule has 7 heteroatoms. The van der Waals surface area contributed by atoms with Crippen molar-refractivity contribution in [2.45, 2.75) is 12.0 Å². The van der Waals surface area contributed by atoms with Crippen LogP contribution < -0.4 is 10.6 Å². The molecule has 0 saturated carbocycles. The summed E-state index contributed by atoms with van der Waals surface area (Å²) in [5, 5.41) is 0. The van der Waals surface area contributed by atoms with Gasteiger partial charge in [0.25, 0.3) is 0 Å². The zero-order chi connectivity index (χ0) is 14.3. The minimum Gasteiger partial charge on any atom is -0.398 e. The molecule has 1 aliphatic heterocycles. The van der Waals surface area contributed by atoms with Crippen LogP contribution in [-0.2, 0) is 15.7 Å². The molecule has 0 atom stereocenters. The van der Waals surface area contributed by atoms with Crippen molar-refractivity contribution in [2.75, 3.05) is 37.9 Å². The summed E-state index contributed by atoms with van der Waals surface area (Å²) in [5.41, 5.74) is 4.70. The van der Waals surface area contributed by atoms with E-state index in [0.29, 0.717) is 18.8 Å². The monoisotopic (exact) mass is 276 g/mol. The molecule has 0 unspecified atom stereocenters. The number of nitrogen functional groups attached to an aromatic ring is 1. The number of methoxy groups -OCH3 is 2. The van der Waals surface area contributed by atoms with Gasteiger partial charge in [0.15, 0.2) is 0 Å². The second kappa shape index (κ2) is 4.57. The van der Waals surface area contributed by atoms with Crippen LogP contribution in [0.3, 0.4) is 0 Å². The van der Waals surface area contributed by atoms with E-state index in [4.69, 9.17) is 15.2 Å². The van der Waals surface area contributed by atoms with Crippen molar-refractivity contribution in [1.29, 1.82) is 0 Å². The highest BCUT2D eigenvalue weighted by Gasteiger charge is 2.44. The van der Waals surface area contributed by atoms with Gasteiger partial charge >= 0.3 is 6.18 Å². The van der Waals surface area contributed by atoms with E-state index in [-0.39, 0.29) is 5.69 Å². The Balaban J connectivity index is 2.20. The van der Waals surface area contributed by atoms with Crippen LogP contribution in [0.4, 0.5) is 24.5 Å². The van der Waals surface area contributed by atoms with E-state index in [1.807, 2.05) is 0 Å². The van der Waals surface area contributed by atoms with Crippen LogP contribution in [0.1, 0.15) is 5.56 Å². The standard InChI is InChI=1S/C12H15F3N2O2/c1-18-11(19-2)6-17(7-11)8-3-4-10(16)9(5-8)12(13,14)15/h3-5H,6-7,16H2,1-2H3. The maximum Gasteiger partial charge on any atom is 0.418 e. The highest BCUT2D eigenvalue weighted by molar-refractivity contribution is 5.61. The Bertz CT molecular complexity index is 465. The van der Waals surface area contributed by atoms with Gasteiger partial charge in [0.05, 0.1) is 18.7 Å². The quantitative estimate of drug-likeness (QED) is 0.678. The summed E-state index contributed by atoms with van der Waals surface area (Å²) in [7, 11) is 3.01. The van der Waals surface area contributed by atoms with Crippen LogP contribution in [-0.4, -0.2) is 33.1 Å². The molecule has 1 aromatic carbocycles. The molecule has 4 nitrogen and oxygen atoms in total. The van der Waals surface area contributed by atoms with Crippen molar-refractivity contribution >= 4 is 11.4 Å². The number of benzene rings is 1. The van der Waals surface area contributed by atoms with Gasteiger partial charge < -0.3 is 20.1 Å². The second-order valence-electron chi connectivity index (χ2n) is 4.44. The average Bonchev–Trinajstić information content (AvgIpc) is 2.29. The molecule has 1 aromatic rings. The van der Waals surface area contributed by atoms with Gasteiger partial charge in [-0.1, -0.05) is 0 Å². The molecular weight excluding hydrogens is 261 g/mol. The number of ether oxygens (including phenoxy) is 2. The van der Waals surface area contributed by atoms with E-state index < -0.39 is 17.5 Å². The molecule has 0 radical (unpaired) electrons. The van der Waals surface area contributed by atoms with Crippen LogP contribution in [0.5, 0.6) is 0 Å². The lowest BCUT2D eigenvalue weighted by atomic mass is 10.0. The number of nitrogens with zero attached hydrogens (tertiary/aromatic N) is 1. The first kappa shape index (κ1) is 14.0. The zero-order valence-electron chi connectivity index (χ0n) is 10.6. The predicted molar refractivity (Wildman–Crippen MR) is 64.8 cm³/mol. The summed E-state index contributed by atoms with van der Waals surface area (Å²) in [6.45, 7) is 0.752. The van der Waals surface area contributed by atoms with Crippen LogP contribution in [0.25, 0.3) is 0 Å². The Kier molecular flexibility index (Phi) is 3.36. The molecule has 2 N–H and O–H groups in total. The molecule has 2 rings (SSSR count). The van der Waals surface area contributed by atoms with Crippen LogP contribution >= 0.6 is 0 Å². The summed E-state index contributed by atoms with van der Waals surface area (Å²) < 4.78 is 48.6. The fourth-order valence-electron chi connectivity index (χ4n) is 2.05. The van der Waals surface area contributed by atoms with Crippen molar-refractivity contribution in [3.8, 4) is 0 Å². The third-order valence-corrected chi connectivity index (χ3v) is 3.31. The molecule has 0 bridgehead atoms. The zero-order valence-corrected chi connectivity index (χ0v) is 10.6. The molecule has 1 saturated heterocycles. The van der Waals surface area contributed by atoms with E-state index >= 15 is 0 Å². The highest BCUT2D eigenvalue weighted by atomic mass is 19.4. The van der Waals surface area contributed by atoms with Gasteiger partial charge in [-0.2, -0.15) is 13.2 Å². The molecule has 106 valence electrons. The number of hydrogen-bond acceptors (Lipinski definition) is 4. The van der Waals surface area contributed by atoms with E-state index in [2.05, 4.69) is 0 Å². The smallest absolute Gasteiger partial charge is 0.398 e. The van der Waals surface area contributed by atoms with Crippen molar-refractivity contribution in [1.82, 2.24) is 0 Å². The third-order valence-electron chi connectivity index (χ3n) is 3.31. The van der Waals surface area contributed by atoms with Gasteiger partial charge in [-0.15, -0.1) is 0 Å². The molecule has 1 fully saturated rings. The van der Waals surface area contributed by atoms with E-state index in [0.717, 1.165) is 6.07 Å². The molecule has 0 amide bonds. The molecule has 1 heterocycles. The topological polar surface area (TPSA) is 47.7 Å². The third kappa shape index (κ3) is 2.48. The van der Waals surface area contributed by atoms with Crippen LogP contribution in [0.2, 0.25) is 0 Å². The molecule has 19 heavy (non-hydrogen) atoms. The lowest BCUT2D eigenvalue weighted by molar-refractivity contribution is -0.219. The summed E-state index contributed by atoms with van der Waals surface area (Å²) in [6, 6.07) is 3.86. The lowest BCUT2D eigenvalue weighted by Crippen LogP contribution is -2.64. The first-order valence-electron chi connectivity index (χ1n) is 5.63. The first-order valence-corrected chi connectivity index (χ1v) is 5.63. The summed E-state index contributed by atoms with van der Waals surface area (Å²) in [5.74, 6) is -0.736. The Hall–Kier alpha value is -1.47.